The zero-order chi connectivity index (χ0) is 21.5. The van der Waals surface area contributed by atoms with Crippen LogP contribution in [0.2, 0.25) is 5.02 Å². The number of carbonyl (C=O) groups is 2. The molecule has 154 valence electrons. The number of rotatable bonds is 3. The molecule has 1 aromatic heterocycles. The molecule has 8 heteroatoms. The van der Waals surface area contributed by atoms with Crippen LogP contribution in [-0.4, -0.2) is 27.8 Å². The van der Waals surface area contributed by atoms with E-state index in [2.05, 4.69) is 25.8 Å². The smallest absolute Gasteiger partial charge is 0.328 e. The van der Waals surface area contributed by atoms with Crippen molar-refractivity contribution in [2.45, 2.75) is 13.0 Å². The van der Waals surface area contributed by atoms with Gasteiger partial charge >= 0.3 is 6.03 Å². The van der Waals surface area contributed by atoms with E-state index in [1.54, 1.807) is 25.3 Å². The fraction of sp³-hybridized carbons (Fsp3) is 0.130. The van der Waals surface area contributed by atoms with E-state index in [-0.39, 0.29) is 5.91 Å². The third-order valence-electron chi connectivity index (χ3n) is 5.52. The Hall–Kier alpha value is -3.71. The van der Waals surface area contributed by atoms with Crippen molar-refractivity contribution in [2.24, 2.45) is 10.9 Å². The number of aromatic nitrogens is 2. The van der Waals surface area contributed by atoms with Crippen LogP contribution in [0.25, 0.3) is 21.7 Å². The van der Waals surface area contributed by atoms with Gasteiger partial charge < -0.3 is 10.6 Å². The molecular formula is C23H18ClN5O2. The van der Waals surface area contributed by atoms with E-state index in [9.17, 15) is 9.59 Å². The van der Waals surface area contributed by atoms with Crippen molar-refractivity contribution in [1.82, 2.24) is 15.5 Å². The van der Waals surface area contributed by atoms with Gasteiger partial charge in [-0.2, -0.15) is 5.10 Å². The predicted molar refractivity (Wildman–Crippen MR) is 122 cm³/mol. The molecule has 0 saturated heterocycles. The lowest BCUT2D eigenvalue weighted by atomic mass is 9.86. The van der Waals surface area contributed by atoms with Crippen LogP contribution in [0.5, 0.6) is 0 Å². The molecule has 31 heavy (non-hydrogen) atoms. The number of carbonyl (C=O) groups excluding carboxylic acids is 2. The maximum Gasteiger partial charge on any atom is 0.341 e. The summed E-state index contributed by atoms with van der Waals surface area (Å²) in [5, 5.41) is 15.9. The zero-order valence-corrected chi connectivity index (χ0v) is 17.3. The number of nitrogens with one attached hydrogen (secondary N) is 3. The van der Waals surface area contributed by atoms with Crippen molar-refractivity contribution in [3.8, 4) is 0 Å². The molecule has 4 aromatic rings. The summed E-state index contributed by atoms with van der Waals surface area (Å²) in [5.74, 6) is -0.948. The Labute approximate surface area is 182 Å². The number of urea groups is 1. The summed E-state index contributed by atoms with van der Waals surface area (Å²) in [6.07, 6.45) is 1.64. The molecule has 3 N–H and O–H groups in total. The Morgan fingerprint density at radius 2 is 1.87 bits per heavy atom. The molecule has 2 atom stereocenters. The third-order valence-corrected chi connectivity index (χ3v) is 5.82. The topological polar surface area (TPSA) is 99.2 Å². The van der Waals surface area contributed by atoms with E-state index in [1.807, 2.05) is 42.5 Å². The number of amides is 3. The fourth-order valence-corrected chi connectivity index (χ4v) is 4.31. The third kappa shape index (κ3) is 3.53. The van der Waals surface area contributed by atoms with Crippen molar-refractivity contribution in [3.05, 3.63) is 71.4 Å². The number of nitrogens with zero attached hydrogens (tertiary/aromatic N) is 2. The second-order valence-corrected chi connectivity index (χ2v) is 7.95. The molecule has 5 rings (SSSR count). The first-order valence-electron chi connectivity index (χ1n) is 9.77. The summed E-state index contributed by atoms with van der Waals surface area (Å²) < 4.78 is 0. The second kappa shape index (κ2) is 7.52. The van der Waals surface area contributed by atoms with Crippen molar-refractivity contribution in [1.29, 1.82) is 0 Å². The highest BCUT2D eigenvalue weighted by atomic mass is 35.5. The van der Waals surface area contributed by atoms with Crippen LogP contribution in [0.3, 0.4) is 0 Å². The number of hydrogen-bond acceptors (Lipinski definition) is 3. The normalized spacial score (nSPS) is 18.6. The molecule has 0 saturated carbocycles. The van der Waals surface area contributed by atoms with E-state index >= 15 is 0 Å². The van der Waals surface area contributed by atoms with Crippen LogP contribution < -0.4 is 10.6 Å². The van der Waals surface area contributed by atoms with Crippen LogP contribution in [-0.2, 0) is 4.79 Å². The quantitative estimate of drug-likeness (QED) is 0.432. The standard InChI is InChI=1S/C23H18ClN5O2/c1-12-19(22(30)27-17-9-16-11-25-29-20(16)18(24)10-17)21(28-23(31)26-12)15-7-6-13-4-2-3-5-14(13)8-15/h2-11,19,21H,1H3,(H,25,29)(H,27,30)(H,28,31). The van der Waals surface area contributed by atoms with E-state index < -0.39 is 18.0 Å². The number of aliphatic imine (C=N–C) groups is 1. The van der Waals surface area contributed by atoms with Gasteiger partial charge in [-0.25, -0.2) is 9.79 Å². The van der Waals surface area contributed by atoms with Gasteiger partial charge in [-0.05, 0) is 41.5 Å². The Balaban J connectivity index is 1.50. The predicted octanol–water partition coefficient (Wildman–Crippen LogP) is 4.85. The van der Waals surface area contributed by atoms with Crippen LogP contribution >= 0.6 is 11.6 Å². The average molecular weight is 432 g/mol. The molecule has 1 aliphatic heterocycles. The lowest BCUT2D eigenvalue weighted by molar-refractivity contribution is -0.118. The first kappa shape index (κ1) is 19.3. The van der Waals surface area contributed by atoms with Gasteiger partial charge in [0.25, 0.3) is 0 Å². The summed E-state index contributed by atoms with van der Waals surface area (Å²) in [6, 6.07) is 16.3. The summed E-state index contributed by atoms with van der Waals surface area (Å²) in [6.45, 7) is 1.70. The summed E-state index contributed by atoms with van der Waals surface area (Å²) in [5.41, 5.74) is 2.54. The molecule has 0 aliphatic carbocycles. The van der Waals surface area contributed by atoms with Crippen LogP contribution in [0.4, 0.5) is 10.5 Å². The molecule has 2 unspecified atom stereocenters. The summed E-state index contributed by atoms with van der Waals surface area (Å²) in [7, 11) is 0. The highest BCUT2D eigenvalue weighted by Crippen LogP contribution is 2.31. The van der Waals surface area contributed by atoms with Crippen molar-refractivity contribution < 1.29 is 9.59 Å². The Morgan fingerprint density at radius 3 is 2.71 bits per heavy atom. The maximum atomic E-state index is 13.3. The largest absolute Gasteiger partial charge is 0.341 e. The molecule has 1 aliphatic rings. The number of H-pyrrole nitrogens is 1. The number of halogens is 1. The fourth-order valence-electron chi connectivity index (χ4n) is 4.04. The Kier molecular flexibility index (Phi) is 4.67. The van der Waals surface area contributed by atoms with E-state index in [1.165, 1.54) is 0 Å². The van der Waals surface area contributed by atoms with Gasteiger partial charge in [-0.1, -0.05) is 48.0 Å². The van der Waals surface area contributed by atoms with Gasteiger partial charge in [0.1, 0.15) is 5.92 Å². The van der Waals surface area contributed by atoms with Gasteiger partial charge in [0.15, 0.2) is 0 Å². The SMILES string of the molecule is CC1=NC(=O)NC(c2ccc3ccccc3c2)C1C(=O)Nc1cc(Cl)c2[nH]ncc2c1. The number of hydrogen-bond donors (Lipinski definition) is 3. The highest BCUT2D eigenvalue weighted by Gasteiger charge is 2.37. The van der Waals surface area contributed by atoms with Crippen molar-refractivity contribution in [3.63, 3.8) is 0 Å². The minimum atomic E-state index is -0.669. The number of fused-ring (bicyclic) bond motifs is 2. The van der Waals surface area contributed by atoms with Gasteiger partial charge in [0.2, 0.25) is 5.91 Å². The average Bonchev–Trinajstić information content (AvgIpc) is 3.22. The van der Waals surface area contributed by atoms with Crippen molar-refractivity contribution >= 4 is 56.6 Å². The maximum absolute atomic E-state index is 13.3. The highest BCUT2D eigenvalue weighted by molar-refractivity contribution is 6.35. The molecule has 3 aromatic carbocycles. The van der Waals surface area contributed by atoms with Crippen molar-refractivity contribution in [2.75, 3.05) is 5.32 Å². The van der Waals surface area contributed by atoms with Crippen LogP contribution in [0.1, 0.15) is 18.5 Å². The van der Waals surface area contributed by atoms with Gasteiger partial charge in [0, 0.05) is 16.8 Å². The van der Waals surface area contributed by atoms with Gasteiger partial charge in [-0.15, -0.1) is 0 Å². The summed E-state index contributed by atoms with van der Waals surface area (Å²) >= 11 is 6.30. The first-order chi connectivity index (χ1) is 15.0. The minimum absolute atomic E-state index is 0.279. The Morgan fingerprint density at radius 1 is 1.06 bits per heavy atom. The molecule has 2 heterocycles. The zero-order valence-electron chi connectivity index (χ0n) is 16.5. The first-order valence-corrected chi connectivity index (χ1v) is 10.2. The molecule has 3 amide bonds. The Bertz CT molecular complexity index is 1380. The van der Waals surface area contributed by atoms with Gasteiger partial charge in [-0.3, -0.25) is 9.89 Å². The molecular weight excluding hydrogens is 414 g/mol. The lowest BCUT2D eigenvalue weighted by Crippen LogP contribution is -2.45. The van der Waals surface area contributed by atoms with Crippen LogP contribution in [0, 0.1) is 5.92 Å². The van der Waals surface area contributed by atoms with Gasteiger partial charge in [0.05, 0.1) is 22.8 Å². The van der Waals surface area contributed by atoms with E-state index in [0.717, 1.165) is 21.7 Å². The molecule has 0 radical (unpaired) electrons. The molecule has 0 bridgehead atoms. The second-order valence-electron chi connectivity index (χ2n) is 7.55. The molecule has 0 fully saturated rings. The summed E-state index contributed by atoms with van der Waals surface area (Å²) in [4.78, 5) is 29.4. The number of benzene rings is 3. The van der Waals surface area contributed by atoms with E-state index in [0.29, 0.717) is 21.9 Å². The minimum Gasteiger partial charge on any atom is -0.328 e. The lowest BCUT2D eigenvalue weighted by Gasteiger charge is -2.30. The number of anilines is 1. The molecule has 7 nitrogen and oxygen atoms in total. The number of aromatic amines is 1. The molecule has 0 spiro atoms. The monoisotopic (exact) mass is 431 g/mol. The van der Waals surface area contributed by atoms with E-state index in [4.69, 9.17) is 11.6 Å². The van der Waals surface area contributed by atoms with Crippen LogP contribution in [0.15, 0.2) is 65.8 Å².